The first-order valence-corrected chi connectivity index (χ1v) is 8.49. The maximum Gasteiger partial charge on any atom is 0.155 e. The zero-order chi connectivity index (χ0) is 17.4. The maximum absolute atomic E-state index is 4.71. The van der Waals surface area contributed by atoms with Crippen LogP contribution in [0.1, 0.15) is 22.3 Å². The minimum atomic E-state index is 0.793. The molecule has 2 N–H and O–H groups in total. The van der Waals surface area contributed by atoms with E-state index in [4.69, 9.17) is 4.98 Å². The smallest absolute Gasteiger partial charge is 0.155 e. The van der Waals surface area contributed by atoms with Crippen molar-refractivity contribution in [3.8, 4) is 11.5 Å². The lowest BCUT2D eigenvalue weighted by molar-refractivity contribution is 1.21. The Hall–Kier alpha value is -3.07. The highest BCUT2D eigenvalue weighted by Gasteiger charge is 2.14. The van der Waals surface area contributed by atoms with Crippen molar-refractivity contribution < 1.29 is 0 Å². The SMILES string of the molecule is C=C(Cc1cc[nH]c1-c1nc2ccccc2[nH]1)c1c(C)cccc1C. The largest absolute Gasteiger partial charge is 0.358 e. The van der Waals surface area contributed by atoms with Gasteiger partial charge >= 0.3 is 0 Å². The number of aromatic amines is 2. The standard InChI is InChI=1S/C22H21N3/c1-14-7-6-8-15(2)20(14)16(3)13-17-11-12-23-21(17)22-24-18-9-4-5-10-19(18)25-22/h4-12,23H,3,13H2,1-2H3,(H,24,25). The summed E-state index contributed by atoms with van der Waals surface area (Å²) in [6.45, 7) is 8.64. The number of rotatable bonds is 4. The Morgan fingerprint density at radius 3 is 2.52 bits per heavy atom. The minimum Gasteiger partial charge on any atom is -0.358 e. The van der Waals surface area contributed by atoms with E-state index in [9.17, 15) is 0 Å². The molecule has 2 aromatic carbocycles. The van der Waals surface area contributed by atoms with Gasteiger partial charge in [0.15, 0.2) is 5.82 Å². The number of H-pyrrole nitrogens is 2. The molecule has 25 heavy (non-hydrogen) atoms. The molecule has 0 aliphatic rings. The quantitative estimate of drug-likeness (QED) is 0.515. The number of benzene rings is 2. The lowest BCUT2D eigenvalue weighted by atomic mass is 9.92. The minimum absolute atomic E-state index is 0.793. The second-order valence-electron chi connectivity index (χ2n) is 6.53. The van der Waals surface area contributed by atoms with Gasteiger partial charge in [-0.3, -0.25) is 0 Å². The Bertz CT molecular complexity index is 1010. The van der Waals surface area contributed by atoms with E-state index in [0.717, 1.165) is 34.5 Å². The number of allylic oxidation sites excluding steroid dienone is 1. The van der Waals surface area contributed by atoms with Crippen LogP contribution in [-0.2, 0) is 6.42 Å². The molecule has 0 saturated heterocycles. The normalized spacial score (nSPS) is 11.1. The fraction of sp³-hybridized carbons (Fsp3) is 0.136. The number of para-hydroxylation sites is 2. The van der Waals surface area contributed by atoms with E-state index in [1.165, 1.54) is 22.3 Å². The van der Waals surface area contributed by atoms with E-state index in [2.05, 4.69) is 54.7 Å². The van der Waals surface area contributed by atoms with Crippen LogP contribution in [0.3, 0.4) is 0 Å². The molecule has 2 aromatic heterocycles. The highest BCUT2D eigenvalue weighted by molar-refractivity contribution is 5.80. The molecule has 3 heteroatoms. The van der Waals surface area contributed by atoms with Crippen LogP contribution >= 0.6 is 0 Å². The molecule has 0 bridgehead atoms. The van der Waals surface area contributed by atoms with Crippen molar-refractivity contribution >= 4 is 16.6 Å². The Balaban J connectivity index is 1.69. The lowest BCUT2D eigenvalue weighted by Gasteiger charge is -2.13. The van der Waals surface area contributed by atoms with Gasteiger partial charge in [0.1, 0.15) is 0 Å². The third kappa shape index (κ3) is 2.78. The summed E-state index contributed by atoms with van der Waals surface area (Å²) in [6.07, 6.45) is 2.76. The predicted molar refractivity (Wildman–Crippen MR) is 105 cm³/mol. The number of aryl methyl sites for hydroxylation is 2. The number of imidazole rings is 1. The van der Waals surface area contributed by atoms with Crippen molar-refractivity contribution in [2.45, 2.75) is 20.3 Å². The molecular weight excluding hydrogens is 306 g/mol. The molecule has 0 atom stereocenters. The molecule has 2 heterocycles. The van der Waals surface area contributed by atoms with Gasteiger partial charge in [-0.05, 0) is 66.3 Å². The summed E-state index contributed by atoms with van der Waals surface area (Å²) in [7, 11) is 0. The fourth-order valence-electron chi connectivity index (χ4n) is 3.53. The number of aromatic nitrogens is 3. The van der Waals surface area contributed by atoms with E-state index >= 15 is 0 Å². The van der Waals surface area contributed by atoms with Gasteiger partial charge in [-0.1, -0.05) is 36.9 Å². The van der Waals surface area contributed by atoms with Gasteiger partial charge in [0, 0.05) is 6.20 Å². The predicted octanol–water partition coefficient (Wildman–Crippen LogP) is 5.43. The van der Waals surface area contributed by atoms with Crippen LogP contribution in [0.2, 0.25) is 0 Å². The Morgan fingerprint density at radius 1 is 1.00 bits per heavy atom. The van der Waals surface area contributed by atoms with Crippen LogP contribution in [0.5, 0.6) is 0 Å². The van der Waals surface area contributed by atoms with Gasteiger partial charge in [0.05, 0.1) is 16.7 Å². The molecule has 0 amide bonds. The molecular formula is C22H21N3. The van der Waals surface area contributed by atoms with Gasteiger partial charge < -0.3 is 9.97 Å². The summed E-state index contributed by atoms with van der Waals surface area (Å²) in [4.78, 5) is 11.5. The molecule has 3 nitrogen and oxygen atoms in total. The Kier molecular flexibility index (Phi) is 3.77. The summed E-state index contributed by atoms with van der Waals surface area (Å²) in [5, 5.41) is 0. The van der Waals surface area contributed by atoms with Crippen molar-refractivity contribution in [1.29, 1.82) is 0 Å². The number of hydrogen-bond acceptors (Lipinski definition) is 1. The second-order valence-corrected chi connectivity index (χ2v) is 6.53. The van der Waals surface area contributed by atoms with Crippen molar-refractivity contribution in [3.05, 3.63) is 83.6 Å². The third-order valence-corrected chi connectivity index (χ3v) is 4.70. The number of nitrogens with one attached hydrogen (secondary N) is 2. The van der Waals surface area contributed by atoms with Crippen molar-refractivity contribution in [1.82, 2.24) is 15.0 Å². The lowest BCUT2D eigenvalue weighted by Crippen LogP contribution is -1.96. The summed E-state index contributed by atoms with van der Waals surface area (Å²) < 4.78 is 0. The van der Waals surface area contributed by atoms with Crippen LogP contribution in [0.15, 0.2) is 61.3 Å². The third-order valence-electron chi connectivity index (χ3n) is 4.70. The average Bonchev–Trinajstić information content (AvgIpc) is 3.20. The van der Waals surface area contributed by atoms with Crippen molar-refractivity contribution in [3.63, 3.8) is 0 Å². The summed E-state index contributed by atoms with van der Waals surface area (Å²) >= 11 is 0. The van der Waals surface area contributed by atoms with E-state index in [-0.39, 0.29) is 0 Å². The van der Waals surface area contributed by atoms with Crippen LogP contribution in [0.4, 0.5) is 0 Å². The van der Waals surface area contributed by atoms with Gasteiger partial charge in [-0.15, -0.1) is 0 Å². The monoisotopic (exact) mass is 327 g/mol. The summed E-state index contributed by atoms with van der Waals surface area (Å²) in [6, 6.07) is 16.6. The molecule has 0 aliphatic carbocycles. The highest BCUT2D eigenvalue weighted by atomic mass is 14.9. The number of nitrogens with zero attached hydrogens (tertiary/aromatic N) is 1. The zero-order valence-corrected chi connectivity index (χ0v) is 14.6. The Morgan fingerprint density at radius 2 is 1.76 bits per heavy atom. The van der Waals surface area contributed by atoms with E-state index in [0.29, 0.717) is 0 Å². The van der Waals surface area contributed by atoms with Crippen LogP contribution in [0.25, 0.3) is 28.1 Å². The molecule has 0 saturated carbocycles. The average molecular weight is 327 g/mol. The van der Waals surface area contributed by atoms with Crippen molar-refractivity contribution in [2.75, 3.05) is 0 Å². The van der Waals surface area contributed by atoms with Gasteiger partial charge in [-0.2, -0.15) is 0 Å². The zero-order valence-electron chi connectivity index (χ0n) is 14.6. The first kappa shape index (κ1) is 15.5. The molecule has 0 unspecified atom stereocenters. The Labute approximate surface area is 147 Å². The molecule has 4 rings (SSSR count). The molecule has 0 aliphatic heterocycles. The van der Waals surface area contributed by atoms with Gasteiger partial charge in [0.2, 0.25) is 0 Å². The number of fused-ring (bicyclic) bond motifs is 1. The first-order valence-electron chi connectivity index (χ1n) is 8.49. The van der Waals surface area contributed by atoms with Gasteiger partial charge in [-0.25, -0.2) is 4.98 Å². The van der Waals surface area contributed by atoms with E-state index in [1.807, 2.05) is 30.5 Å². The molecule has 0 radical (unpaired) electrons. The van der Waals surface area contributed by atoms with Crippen LogP contribution in [0, 0.1) is 13.8 Å². The second kappa shape index (κ2) is 6.10. The highest BCUT2D eigenvalue weighted by Crippen LogP contribution is 2.29. The maximum atomic E-state index is 4.71. The molecule has 4 aromatic rings. The van der Waals surface area contributed by atoms with Gasteiger partial charge in [0.25, 0.3) is 0 Å². The molecule has 0 spiro atoms. The fourth-order valence-corrected chi connectivity index (χ4v) is 3.53. The molecule has 0 fully saturated rings. The summed E-state index contributed by atoms with van der Waals surface area (Å²) in [5.41, 5.74) is 9.19. The van der Waals surface area contributed by atoms with Crippen molar-refractivity contribution in [2.24, 2.45) is 0 Å². The summed E-state index contributed by atoms with van der Waals surface area (Å²) in [5.74, 6) is 0.871. The van der Waals surface area contributed by atoms with Crippen LogP contribution < -0.4 is 0 Å². The van der Waals surface area contributed by atoms with Crippen LogP contribution in [-0.4, -0.2) is 15.0 Å². The van der Waals surface area contributed by atoms with E-state index < -0.39 is 0 Å². The topological polar surface area (TPSA) is 44.5 Å². The first-order chi connectivity index (χ1) is 12.1. The molecule has 124 valence electrons. The number of hydrogen-bond donors (Lipinski definition) is 2. The van der Waals surface area contributed by atoms with E-state index in [1.54, 1.807) is 0 Å².